The summed E-state index contributed by atoms with van der Waals surface area (Å²) < 4.78 is 44.4. The van der Waals surface area contributed by atoms with Gasteiger partial charge in [0.1, 0.15) is 6.61 Å². The van der Waals surface area contributed by atoms with Gasteiger partial charge in [0.15, 0.2) is 17.5 Å². The van der Waals surface area contributed by atoms with E-state index < -0.39 is 34.9 Å². The van der Waals surface area contributed by atoms with Crippen LogP contribution in [0.25, 0.3) is 0 Å². The van der Waals surface area contributed by atoms with E-state index in [0.717, 1.165) is 11.6 Å². The van der Waals surface area contributed by atoms with E-state index in [1.807, 2.05) is 5.32 Å². The van der Waals surface area contributed by atoms with Crippen molar-refractivity contribution >= 4 is 17.5 Å². The molecule has 0 aliphatic heterocycles. The molecule has 0 spiro atoms. The molecule has 0 unspecified atom stereocenters. The zero-order chi connectivity index (χ0) is 15.4. The van der Waals surface area contributed by atoms with Crippen LogP contribution in [0.3, 0.4) is 0 Å². The number of halogens is 3. The van der Waals surface area contributed by atoms with E-state index in [0.29, 0.717) is 0 Å². The maximum Gasteiger partial charge on any atom is 0.412 e. The van der Waals surface area contributed by atoms with Crippen molar-refractivity contribution in [3.8, 4) is 0 Å². The van der Waals surface area contributed by atoms with Crippen LogP contribution in [0.5, 0.6) is 0 Å². The Bertz CT molecular complexity index is 663. The highest BCUT2D eigenvalue weighted by atomic mass is 19.2. The minimum Gasteiger partial charge on any atom is -0.444 e. The Morgan fingerprint density at radius 1 is 1.10 bits per heavy atom. The van der Waals surface area contributed by atoms with Crippen LogP contribution < -0.4 is 11.1 Å². The molecule has 0 aromatic heterocycles. The zero-order valence-electron chi connectivity index (χ0n) is 10.7. The van der Waals surface area contributed by atoms with Gasteiger partial charge >= 0.3 is 6.09 Å². The number of benzene rings is 2. The normalized spacial score (nSPS) is 10.2. The van der Waals surface area contributed by atoms with Gasteiger partial charge in [-0.3, -0.25) is 5.32 Å². The van der Waals surface area contributed by atoms with Gasteiger partial charge in [-0.25, -0.2) is 18.0 Å². The number of rotatable bonds is 3. The highest BCUT2D eigenvalue weighted by Gasteiger charge is 2.19. The van der Waals surface area contributed by atoms with Gasteiger partial charge < -0.3 is 10.5 Å². The molecule has 0 atom stereocenters. The first-order valence-electron chi connectivity index (χ1n) is 5.89. The second-order valence-corrected chi connectivity index (χ2v) is 4.14. The summed E-state index contributed by atoms with van der Waals surface area (Å²) >= 11 is 0. The predicted octanol–water partition coefficient (Wildman–Crippen LogP) is 3.43. The number of carbonyl (C=O) groups excluding carboxylic acids is 1. The summed E-state index contributed by atoms with van der Waals surface area (Å²) in [6, 6.07) is 9.53. The lowest BCUT2D eigenvalue weighted by atomic mass is 10.2. The van der Waals surface area contributed by atoms with Crippen LogP contribution in [0.2, 0.25) is 0 Å². The SMILES string of the molecule is Nc1cc(NC(=O)OCc2ccccc2)c(F)c(F)c1F. The lowest BCUT2D eigenvalue weighted by Gasteiger charge is -2.09. The molecule has 1 amide bonds. The summed E-state index contributed by atoms with van der Waals surface area (Å²) in [4.78, 5) is 11.5. The van der Waals surface area contributed by atoms with Gasteiger partial charge in [-0.1, -0.05) is 30.3 Å². The largest absolute Gasteiger partial charge is 0.444 e. The first kappa shape index (κ1) is 14.7. The third kappa shape index (κ3) is 3.44. The van der Waals surface area contributed by atoms with Crippen molar-refractivity contribution in [3.63, 3.8) is 0 Å². The highest BCUT2D eigenvalue weighted by Crippen LogP contribution is 2.25. The maximum absolute atomic E-state index is 13.4. The molecular formula is C14H11F3N2O2. The average molecular weight is 296 g/mol. The molecular weight excluding hydrogens is 285 g/mol. The maximum atomic E-state index is 13.4. The standard InChI is InChI=1S/C14H11F3N2O2/c15-11-9(18)6-10(12(16)13(11)17)19-14(20)21-7-8-4-2-1-3-5-8/h1-6H,7,18H2,(H,19,20). The van der Waals surface area contributed by atoms with E-state index in [9.17, 15) is 18.0 Å². The molecule has 110 valence electrons. The number of ether oxygens (including phenoxy) is 1. The molecule has 2 aromatic carbocycles. The van der Waals surface area contributed by atoms with Gasteiger partial charge in [0.25, 0.3) is 0 Å². The highest BCUT2D eigenvalue weighted by molar-refractivity contribution is 5.85. The molecule has 7 heteroatoms. The van der Waals surface area contributed by atoms with Crippen molar-refractivity contribution in [1.82, 2.24) is 0 Å². The van der Waals surface area contributed by atoms with Gasteiger partial charge in [0.05, 0.1) is 11.4 Å². The van der Waals surface area contributed by atoms with Crippen molar-refractivity contribution in [2.45, 2.75) is 6.61 Å². The van der Waals surface area contributed by atoms with Crippen LogP contribution in [0, 0.1) is 17.5 Å². The topological polar surface area (TPSA) is 64.3 Å². The lowest BCUT2D eigenvalue weighted by Crippen LogP contribution is -2.16. The van der Waals surface area contributed by atoms with Crippen LogP contribution in [-0.2, 0) is 11.3 Å². The van der Waals surface area contributed by atoms with Crippen molar-refractivity contribution in [3.05, 3.63) is 59.4 Å². The number of nitrogens with two attached hydrogens (primary N) is 1. The van der Waals surface area contributed by atoms with Crippen LogP contribution in [0.4, 0.5) is 29.3 Å². The minimum absolute atomic E-state index is 0.0482. The van der Waals surface area contributed by atoms with Gasteiger partial charge in [-0.2, -0.15) is 0 Å². The Hall–Kier alpha value is -2.70. The van der Waals surface area contributed by atoms with E-state index >= 15 is 0 Å². The molecule has 0 heterocycles. The van der Waals surface area contributed by atoms with E-state index in [-0.39, 0.29) is 6.61 Å². The molecule has 0 aliphatic carbocycles. The number of nitrogen functional groups attached to an aromatic ring is 1. The third-order valence-electron chi connectivity index (χ3n) is 2.62. The van der Waals surface area contributed by atoms with Crippen LogP contribution in [0.1, 0.15) is 5.56 Å². The van der Waals surface area contributed by atoms with Gasteiger partial charge in [0, 0.05) is 0 Å². The Morgan fingerprint density at radius 2 is 1.76 bits per heavy atom. The third-order valence-corrected chi connectivity index (χ3v) is 2.62. The van der Waals surface area contributed by atoms with Crippen LogP contribution >= 0.6 is 0 Å². The molecule has 0 fully saturated rings. The summed E-state index contributed by atoms with van der Waals surface area (Å²) in [5.41, 5.74) is 4.67. The van der Waals surface area contributed by atoms with Crippen LogP contribution in [-0.4, -0.2) is 6.09 Å². The van der Waals surface area contributed by atoms with Crippen LogP contribution in [0.15, 0.2) is 36.4 Å². The Morgan fingerprint density at radius 3 is 2.43 bits per heavy atom. The van der Waals surface area contributed by atoms with Gasteiger partial charge in [0.2, 0.25) is 0 Å². The summed E-state index contributed by atoms with van der Waals surface area (Å²) in [6.07, 6.45) is -1.01. The summed E-state index contributed by atoms with van der Waals surface area (Å²) in [7, 11) is 0. The Kier molecular flexibility index (Phi) is 4.32. The fraction of sp³-hybridized carbons (Fsp3) is 0.0714. The molecule has 3 N–H and O–H groups in total. The zero-order valence-corrected chi connectivity index (χ0v) is 10.7. The van der Waals surface area contributed by atoms with E-state index in [4.69, 9.17) is 10.5 Å². The van der Waals surface area contributed by atoms with E-state index in [1.54, 1.807) is 30.3 Å². The number of nitrogens with one attached hydrogen (secondary N) is 1. The molecule has 2 aromatic rings. The first-order valence-corrected chi connectivity index (χ1v) is 5.89. The number of carbonyl (C=O) groups is 1. The van der Waals surface area contributed by atoms with Gasteiger partial charge in [-0.15, -0.1) is 0 Å². The number of hydrogen-bond donors (Lipinski definition) is 2. The minimum atomic E-state index is -1.76. The van der Waals surface area contributed by atoms with E-state index in [1.165, 1.54) is 0 Å². The number of hydrogen-bond acceptors (Lipinski definition) is 3. The number of amides is 1. The molecule has 0 aliphatic rings. The molecule has 0 bridgehead atoms. The second-order valence-electron chi connectivity index (χ2n) is 4.14. The van der Waals surface area contributed by atoms with Crippen molar-refractivity contribution in [2.24, 2.45) is 0 Å². The molecule has 0 radical (unpaired) electrons. The lowest BCUT2D eigenvalue weighted by molar-refractivity contribution is 0.155. The quantitative estimate of drug-likeness (QED) is 0.673. The van der Waals surface area contributed by atoms with Gasteiger partial charge in [-0.05, 0) is 11.6 Å². The fourth-order valence-electron chi connectivity index (χ4n) is 1.58. The monoisotopic (exact) mass is 296 g/mol. The predicted molar refractivity (Wildman–Crippen MR) is 71.0 cm³/mol. The fourth-order valence-corrected chi connectivity index (χ4v) is 1.58. The van der Waals surface area contributed by atoms with Crippen molar-refractivity contribution in [1.29, 1.82) is 0 Å². The number of anilines is 2. The molecule has 4 nitrogen and oxygen atoms in total. The Balaban J connectivity index is 2.03. The first-order chi connectivity index (χ1) is 9.99. The smallest absolute Gasteiger partial charge is 0.412 e. The summed E-state index contributed by atoms with van der Waals surface area (Å²) in [5.74, 6) is -4.80. The van der Waals surface area contributed by atoms with E-state index in [2.05, 4.69) is 0 Å². The second kappa shape index (κ2) is 6.17. The molecule has 0 saturated carbocycles. The molecule has 2 rings (SSSR count). The average Bonchev–Trinajstić information content (AvgIpc) is 2.49. The summed E-state index contributed by atoms with van der Waals surface area (Å²) in [6.45, 7) is -0.0482. The molecule has 21 heavy (non-hydrogen) atoms. The Labute approximate surface area is 118 Å². The van der Waals surface area contributed by atoms with Crippen molar-refractivity contribution < 1.29 is 22.7 Å². The van der Waals surface area contributed by atoms with Crippen molar-refractivity contribution in [2.75, 3.05) is 11.1 Å². The summed E-state index contributed by atoms with van der Waals surface area (Å²) in [5, 5.41) is 1.97. The molecule has 0 saturated heterocycles.